The van der Waals surface area contributed by atoms with Crippen molar-refractivity contribution in [2.24, 2.45) is 0 Å². The van der Waals surface area contributed by atoms with Gasteiger partial charge >= 0.3 is 0 Å². The highest BCUT2D eigenvalue weighted by Crippen LogP contribution is 2.15. The Kier molecular flexibility index (Phi) is 35.0. The van der Waals surface area contributed by atoms with Gasteiger partial charge in [-0.05, 0) is 84.2 Å². The third-order valence-corrected chi connectivity index (χ3v) is 11.1. The van der Waals surface area contributed by atoms with Gasteiger partial charge in [0.1, 0.15) is 0 Å². The highest BCUT2D eigenvalue weighted by atomic mass is 16.3. The van der Waals surface area contributed by atoms with Gasteiger partial charge in [-0.2, -0.15) is 0 Å². The maximum Gasteiger partial charge on any atom is 0.0667 e. The molecule has 1 fully saturated rings. The third-order valence-electron chi connectivity index (χ3n) is 11.1. The summed E-state index contributed by atoms with van der Waals surface area (Å²) in [6.45, 7) is 17.8. The largest absolute Gasteiger partial charge is 0.392 e. The van der Waals surface area contributed by atoms with Crippen LogP contribution in [0.4, 0.5) is 0 Å². The van der Waals surface area contributed by atoms with E-state index in [2.05, 4.69) is 35.5 Å². The summed E-state index contributed by atoms with van der Waals surface area (Å²) in [6.07, 6.45) is 42.4. The number of aliphatic hydroxyl groups is 1. The molecular formula is C44H91N3O. The number of piperidine rings is 1. The fourth-order valence-electron chi connectivity index (χ4n) is 7.78. The van der Waals surface area contributed by atoms with Crippen molar-refractivity contribution in [3.05, 3.63) is 0 Å². The van der Waals surface area contributed by atoms with E-state index in [0.29, 0.717) is 0 Å². The van der Waals surface area contributed by atoms with Gasteiger partial charge in [-0.1, -0.05) is 175 Å². The molecule has 0 aromatic heterocycles. The van der Waals surface area contributed by atoms with Crippen LogP contribution in [-0.2, 0) is 0 Å². The number of hydrogen-bond acceptors (Lipinski definition) is 4. The lowest BCUT2D eigenvalue weighted by Crippen LogP contribution is -2.41. The van der Waals surface area contributed by atoms with Gasteiger partial charge in [-0.25, -0.2) is 0 Å². The SMILES string of the molecule is CCCCCCCCCCC(O)CN(CCCCCN(CCCCCCCCCC)CCCCCCCCCC)CCN1CCCCC1. The van der Waals surface area contributed by atoms with Crippen molar-refractivity contribution in [1.29, 1.82) is 0 Å². The van der Waals surface area contributed by atoms with Crippen LogP contribution >= 0.6 is 0 Å². The first-order valence-corrected chi connectivity index (χ1v) is 22.5. The molecule has 0 aromatic rings. The van der Waals surface area contributed by atoms with E-state index in [-0.39, 0.29) is 6.10 Å². The topological polar surface area (TPSA) is 30.0 Å². The zero-order valence-corrected chi connectivity index (χ0v) is 33.7. The van der Waals surface area contributed by atoms with E-state index in [9.17, 15) is 5.11 Å². The molecule has 0 aromatic carbocycles. The van der Waals surface area contributed by atoms with E-state index >= 15 is 0 Å². The van der Waals surface area contributed by atoms with E-state index < -0.39 is 0 Å². The molecule has 1 saturated heterocycles. The van der Waals surface area contributed by atoms with Crippen molar-refractivity contribution >= 4 is 0 Å². The van der Waals surface area contributed by atoms with Crippen LogP contribution in [0.1, 0.15) is 220 Å². The number of aliphatic hydroxyl groups excluding tert-OH is 1. The molecule has 0 amide bonds. The molecule has 288 valence electrons. The maximum atomic E-state index is 11.0. The molecule has 1 unspecified atom stereocenters. The van der Waals surface area contributed by atoms with Gasteiger partial charge in [0.05, 0.1) is 6.10 Å². The Balaban J connectivity index is 2.40. The third kappa shape index (κ3) is 30.6. The molecule has 1 N–H and O–H groups in total. The minimum Gasteiger partial charge on any atom is -0.392 e. The van der Waals surface area contributed by atoms with Gasteiger partial charge in [-0.15, -0.1) is 0 Å². The standard InChI is InChI=1S/C44H91N3O/c1-4-7-10-13-16-19-22-27-34-44(48)43-47(42-41-46-38-31-25-32-39-46)40-33-26-30-37-45(35-28-23-20-17-14-11-8-5-2)36-29-24-21-18-15-12-9-6-3/h44,48H,4-43H2,1-3H3. The summed E-state index contributed by atoms with van der Waals surface area (Å²) in [6, 6.07) is 0. The molecule has 4 heteroatoms. The second kappa shape index (κ2) is 36.6. The first-order chi connectivity index (χ1) is 23.7. The summed E-state index contributed by atoms with van der Waals surface area (Å²) in [5.74, 6) is 0. The Morgan fingerprint density at radius 3 is 1.21 bits per heavy atom. The van der Waals surface area contributed by atoms with Gasteiger partial charge in [0, 0.05) is 19.6 Å². The van der Waals surface area contributed by atoms with E-state index in [0.717, 1.165) is 19.5 Å². The number of nitrogens with zero attached hydrogens (tertiary/aromatic N) is 3. The number of likely N-dealkylation sites (tertiary alicyclic amines) is 1. The van der Waals surface area contributed by atoms with Crippen molar-refractivity contribution in [2.45, 2.75) is 226 Å². The van der Waals surface area contributed by atoms with E-state index in [1.54, 1.807) is 0 Å². The molecule has 0 radical (unpaired) electrons. The molecular weight excluding hydrogens is 587 g/mol. The van der Waals surface area contributed by atoms with E-state index in [1.807, 2.05) is 0 Å². The molecule has 1 atom stereocenters. The lowest BCUT2D eigenvalue weighted by Gasteiger charge is -2.31. The molecule has 0 spiro atoms. The predicted molar refractivity (Wildman–Crippen MR) is 215 cm³/mol. The van der Waals surface area contributed by atoms with E-state index in [4.69, 9.17) is 0 Å². The highest BCUT2D eigenvalue weighted by molar-refractivity contribution is 4.71. The van der Waals surface area contributed by atoms with Crippen molar-refractivity contribution in [3.8, 4) is 0 Å². The lowest BCUT2D eigenvalue weighted by molar-refractivity contribution is 0.0917. The van der Waals surface area contributed by atoms with Gasteiger partial charge in [-0.3, -0.25) is 4.90 Å². The normalized spacial score (nSPS) is 14.9. The van der Waals surface area contributed by atoms with Crippen molar-refractivity contribution < 1.29 is 5.11 Å². The monoisotopic (exact) mass is 678 g/mol. The molecule has 0 saturated carbocycles. The van der Waals surface area contributed by atoms with Crippen LogP contribution in [0.3, 0.4) is 0 Å². The van der Waals surface area contributed by atoms with Crippen molar-refractivity contribution in [2.75, 3.05) is 58.9 Å². The van der Waals surface area contributed by atoms with Crippen LogP contribution in [0.5, 0.6) is 0 Å². The summed E-state index contributed by atoms with van der Waals surface area (Å²) in [5.41, 5.74) is 0. The molecule has 1 aliphatic rings. The van der Waals surface area contributed by atoms with Crippen LogP contribution in [0.25, 0.3) is 0 Å². The molecule has 48 heavy (non-hydrogen) atoms. The Bertz CT molecular complexity index is 590. The molecule has 1 aliphatic heterocycles. The average Bonchev–Trinajstić information content (AvgIpc) is 3.10. The van der Waals surface area contributed by atoms with Gasteiger partial charge < -0.3 is 14.9 Å². The van der Waals surface area contributed by atoms with E-state index in [1.165, 1.54) is 238 Å². The Hall–Kier alpha value is -0.160. The summed E-state index contributed by atoms with van der Waals surface area (Å²) in [5, 5.41) is 11.0. The highest BCUT2D eigenvalue weighted by Gasteiger charge is 2.15. The van der Waals surface area contributed by atoms with Gasteiger partial charge in [0.15, 0.2) is 0 Å². The number of rotatable bonds is 38. The first kappa shape index (κ1) is 45.9. The smallest absolute Gasteiger partial charge is 0.0667 e. The predicted octanol–water partition coefficient (Wildman–Crippen LogP) is 12.4. The van der Waals surface area contributed by atoms with Crippen LogP contribution in [0.15, 0.2) is 0 Å². The van der Waals surface area contributed by atoms with Crippen molar-refractivity contribution in [1.82, 2.24) is 14.7 Å². The molecule has 1 heterocycles. The van der Waals surface area contributed by atoms with Crippen LogP contribution in [0.2, 0.25) is 0 Å². The van der Waals surface area contributed by atoms with Crippen LogP contribution < -0.4 is 0 Å². The molecule has 0 aliphatic carbocycles. The van der Waals surface area contributed by atoms with Crippen molar-refractivity contribution in [3.63, 3.8) is 0 Å². The fourth-order valence-corrected chi connectivity index (χ4v) is 7.78. The zero-order chi connectivity index (χ0) is 34.6. The van der Waals surface area contributed by atoms with Crippen LogP contribution in [-0.4, -0.2) is 84.8 Å². The minimum atomic E-state index is -0.153. The molecule has 0 bridgehead atoms. The fraction of sp³-hybridized carbons (Fsp3) is 1.00. The van der Waals surface area contributed by atoms with Crippen LogP contribution in [0, 0.1) is 0 Å². The number of hydrogen-bond donors (Lipinski definition) is 1. The number of unbranched alkanes of at least 4 members (excludes halogenated alkanes) is 23. The molecule has 4 nitrogen and oxygen atoms in total. The first-order valence-electron chi connectivity index (χ1n) is 22.5. The zero-order valence-electron chi connectivity index (χ0n) is 33.7. The Morgan fingerprint density at radius 1 is 0.417 bits per heavy atom. The summed E-state index contributed by atoms with van der Waals surface area (Å²) >= 11 is 0. The molecule has 1 rings (SSSR count). The summed E-state index contributed by atoms with van der Waals surface area (Å²) in [4.78, 5) is 8.13. The van der Waals surface area contributed by atoms with Gasteiger partial charge in [0.2, 0.25) is 0 Å². The minimum absolute atomic E-state index is 0.153. The maximum absolute atomic E-state index is 11.0. The average molecular weight is 678 g/mol. The quantitative estimate of drug-likeness (QED) is 0.0659. The second-order valence-corrected chi connectivity index (χ2v) is 16.0. The Morgan fingerprint density at radius 2 is 0.771 bits per heavy atom. The summed E-state index contributed by atoms with van der Waals surface area (Å²) in [7, 11) is 0. The summed E-state index contributed by atoms with van der Waals surface area (Å²) < 4.78 is 0. The lowest BCUT2D eigenvalue weighted by atomic mass is 10.1. The second-order valence-electron chi connectivity index (χ2n) is 16.0. The Labute approximate surface area is 303 Å². The van der Waals surface area contributed by atoms with Gasteiger partial charge in [0.25, 0.3) is 0 Å².